The fourth-order valence-electron chi connectivity index (χ4n) is 2.33. The number of carbonyl (C=O) groups excluding carboxylic acids is 1. The van der Waals surface area contributed by atoms with Gasteiger partial charge in [-0.15, -0.1) is 12.4 Å². The first-order valence-corrected chi connectivity index (χ1v) is 9.37. The maximum Gasteiger partial charge on any atom is 0.253 e. The summed E-state index contributed by atoms with van der Waals surface area (Å²) in [6.07, 6.45) is 0. The predicted molar refractivity (Wildman–Crippen MR) is 106 cm³/mol. The molecule has 0 aliphatic heterocycles. The van der Waals surface area contributed by atoms with Gasteiger partial charge in [0.1, 0.15) is 0 Å². The average molecular weight is 398 g/mol. The first kappa shape index (κ1) is 22.0. The molecule has 1 amide bonds. The zero-order valence-corrected chi connectivity index (χ0v) is 16.7. The molecule has 2 rings (SSSR count). The maximum atomic E-state index is 12.5. The highest BCUT2D eigenvalue weighted by atomic mass is 35.5. The molecule has 2 aromatic rings. The number of benzene rings is 2. The molecule has 0 unspecified atom stereocenters. The van der Waals surface area contributed by atoms with Gasteiger partial charge in [0.05, 0.1) is 4.90 Å². The Morgan fingerprint density at radius 3 is 2.35 bits per heavy atom. The second kappa shape index (κ2) is 9.02. The highest BCUT2D eigenvalue weighted by Gasteiger charge is 2.17. The van der Waals surface area contributed by atoms with Gasteiger partial charge in [0, 0.05) is 31.4 Å². The number of nitrogens with zero attached hydrogens (tertiary/aromatic N) is 1. The van der Waals surface area contributed by atoms with Gasteiger partial charge in [-0.05, 0) is 43.7 Å². The van der Waals surface area contributed by atoms with Crippen LogP contribution in [0.4, 0.5) is 5.69 Å². The Morgan fingerprint density at radius 1 is 1.12 bits per heavy atom. The number of halogens is 1. The molecule has 0 atom stereocenters. The first-order chi connectivity index (χ1) is 11.7. The van der Waals surface area contributed by atoms with Gasteiger partial charge in [0.25, 0.3) is 5.91 Å². The van der Waals surface area contributed by atoms with Crippen LogP contribution in [0.1, 0.15) is 21.5 Å². The van der Waals surface area contributed by atoms with Gasteiger partial charge in [-0.1, -0.05) is 23.8 Å². The van der Waals surface area contributed by atoms with E-state index >= 15 is 0 Å². The minimum atomic E-state index is -3.59. The van der Waals surface area contributed by atoms with E-state index in [2.05, 4.69) is 4.72 Å². The molecule has 0 saturated heterocycles. The van der Waals surface area contributed by atoms with Crippen LogP contribution >= 0.6 is 12.4 Å². The van der Waals surface area contributed by atoms with E-state index in [1.165, 1.54) is 4.90 Å². The Morgan fingerprint density at radius 2 is 1.73 bits per heavy atom. The van der Waals surface area contributed by atoms with Crippen LogP contribution < -0.4 is 10.5 Å². The number of sulfonamides is 1. The number of rotatable bonds is 6. The third kappa shape index (κ3) is 5.45. The zero-order valence-electron chi connectivity index (χ0n) is 15.0. The van der Waals surface area contributed by atoms with Gasteiger partial charge < -0.3 is 10.6 Å². The second-order valence-corrected chi connectivity index (χ2v) is 7.78. The minimum absolute atomic E-state index is 0. The highest BCUT2D eigenvalue weighted by Crippen LogP contribution is 2.14. The van der Waals surface area contributed by atoms with E-state index in [9.17, 15) is 13.2 Å². The quantitative estimate of drug-likeness (QED) is 0.732. The van der Waals surface area contributed by atoms with Crippen LogP contribution in [0.3, 0.4) is 0 Å². The van der Waals surface area contributed by atoms with Crippen molar-refractivity contribution in [2.75, 3.05) is 25.9 Å². The maximum absolute atomic E-state index is 12.5. The van der Waals surface area contributed by atoms with Gasteiger partial charge in [0.15, 0.2) is 0 Å². The lowest BCUT2D eigenvalue weighted by Crippen LogP contribution is -2.36. The summed E-state index contributed by atoms with van der Waals surface area (Å²) in [4.78, 5) is 14.2. The Bertz CT molecular complexity index is 868. The molecule has 0 bridgehead atoms. The molecule has 6 nitrogen and oxygen atoms in total. The molecular weight excluding hydrogens is 374 g/mol. The van der Waals surface area contributed by atoms with Crippen molar-refractivity contribution in [1.29, 1.82) is 0 Å². The van der Waals surface area contributed by atoms with Crippen LogP contribution in [0.2, 0.25) is 0 Å². The number of nitrogens with one attached hydrogen (secondary N) is 1. The van der Waals surface area contributed by atoms with Crippen molar-refractivity contribution in [3.63, 3.8) is 0 Å². The largest absolute Gasteiger partial charge is 0.399 e. The lowest BCUT2D eigenvalue weighted by molar-refractivity contribution is 0.0797. The Balaban J connectivity index is 0.00000338. The molecule has 142 valence electrons. The van der Waals surface area contributed by atoms with Crippen molar-refractivity contribution in [2.45, 2.75) is 18.7 Å². The SMILES string of the molecule is Cc1ccc(S(=O)(=O)NCCN(C)C(=O)c2cc(N)ccc2C)cc1.Cl. The van der Waals surface area contributed by atoms with Gasteiger partial charge in [-0.3, -0.25) is 4.79 Å². The fraction of sp³-hybridized carbons (Fsp3) is 0.278. The molecule has 8 heteroatoms. The van der Waals surface area contributed by atoms with Crippen LogP contribution in [0, 0.1) is 13.8 Å². The highest BCUT2D eigenvalue weighted by molar-refractivity contribution is 7.89. The van der Waals surface area contributed by atoms with E-state index in [1.54, 1.807) is 49.5 Å². The molecule has 26 heavy (non-hydrogen) atoms. The lowest BCUT2D eigenvalue weighted by Gasteiger charge is -2.19. The molecule has 0 radical (unpaired) electrons. The lowest BCUT2D eigenvalue weighted by atomic mass is 10.1. The molecule has 0 saturated carbocycles. The fourth-order valence-corrected chi connectivity index (χ4v) is 3.35. The summed E-state index contributed by atoms with van der Waals surface area (Å²) in [5, 5.41) is 0. The van der Waals surface area contributed by atoms with Crippen LogP contribution in [0.5, 0.6) is 0 Å². The normalized spacial score (nSPS) is 10.9. The summed E-state index contributed by atoms with van der Waals surface area (Å²) in [6.45, 7) is 4.10. The minimum Gasteiger partial charge on any atom is -0.399 e. The van der Waals surface area contributed by atoms with E-state index < -0.39 is 10.0 Å². The molecule has 2 aromatic carbocycles. The number of anilines is 1. The Labute approximate surface area is 160 Å². The van der Waals surface area contributed by atoms with Crippen molar-refractivity contribution >= 4 is 34.0 Å². The summed E-state index contributed by atoms with van der Waals surface area (Å²) in [5.74, 6) is -0.195. The van der Waals surface area contributed by atoms with E-state index in [-0.39, 0.29) is 36.3 Å². The molecule has 0 aromatic heterocycles. The molecule has 0 aliphatic rings. The van der Waals surface area contributed by atoms with E-state index in [4.69, 9.17) is 5.73 Å². The Kier molecular flexibility index (Phi) is 7.62. The van der Waals surface area contributed by atoms with Crippen molar-refractivity contribution < 1.29 is 13.2 Å². The molecule has 3 N–H and O–H groups in total. The average Bonchev–Trinajstić information content (AvgIpc) is 2.56. The number of nitrogen functional groups attached to an aromatic ring is 1. The van der Waals surface area contributed by atoms with Gasteiger partial charge in [-0.25, -0.2) is 13.1 Å². The van der Waals surface area contributed by atoms with Crippen molar-refractivity contribution in [1.82, 2.24) is 9.62 Å². The molecule has 0 fully saturated rings. The Hall–Kier alpha value is -2.09. The predicted octanol–water partition coefficient (Wildman–Crippen LogP) is 2.36. The number of nitrogens with two attached hydrogens (primary N) is 1. The second-order valence-electron chi connectivity index (χ2n) is 6.01. The number of carbonyl (C=O) groups is 1. The third-order valence-electron chi connectivity index (χ3n) is 3.91. The number of likely N-dealkylation sites (N-methyl/N-ethyl adjacent to an activating group) is 1. The first-order valence-electron chi connectivity index (χ1n) is 7.88. The number of hydrogen-bond acceptors (Lipinski definition) is 4. The van der Waals surface area contributed by atoms with Crippen molar-refractivity contribution in [3.8, 4) is 0 Å². The molecule has 0 heterocycles. The summed E-state index contributed by atoms with van der Waals surface area (Å²) < 4.78 is 27.0. The number of aryl methyl sites for hydroxylation is 2. The molecule has 0 aliphatic carbocycles. The monoisotopic (exact) mass is 397 g/mol. The van der Waals surface area contributed by atoms with Gasteiger partial charge in [-0.2, -0.15) is 0 Å². The molecular formula is C18H24ClN3O3S. The van der Waals surface area contributed by atoms with Gasteiger partial charge >= 0.3 is 0 Å². The smallest absolute Gasteiger partial charge is 0.253 e. The van der Waals surface area contributed by atoms with Crippen molar-refractivity contribution in [3.05, 3.63) is 59.2 Å². The van der Waals surface area contributed by atoms with Crippen LogP contribution in [0.25, 0.3) is 0 Å². The summed E-state index contributed by atoms with van der Waals surface area (Å²) in [7, 11) is -1.96. The number of amides is 1. The topological polar surface area (TPSA) is 92.5 Å². The standard InChI is InChI=1S/C18H23N3O3S.ClH/c1-13-4-8-16(9-5-13)25(23,24)20-10-11-21(3)18(22)17-12-15(19)7-6-14(17)2;/h4-9,12,20H,10-11,19H2,1-3H3;1H. The van der Waals surface area contributed by atoms with Crippen LogP contribution in [-0.2, 0) is 10.0 Å². The van der Waals surface area contributed by atoms with E-state index in [0.29, 0.717) is 11.3 Å². The van der Waals surface area contributed by atoms with Crippen LogP contribution in [0.15, 0.2) is 47.4 Å². The van der Waals surface area contributed by atoms with Crippen LogP contribution in [-0.4, -0.2) is 39.4 Å². The number of hydrogen-bond donors (Lipinski definition) is 2. The van der Waals surface area contributed by atoms with E-state index in [0.717, 1.165) is 11.1 Å². The van der Waals surface area contributed by atoms with Gasteiger partial charge in [0.2, 0.25) is 10.0 Å². The molecule has 0 spiro atoms. The third-order valence-corrected chi connectivity index (χ3v) is 5.39. The summed E-state index contributed by atoms with van der Waals surface area (Å²) in [6, 6.07) is 11.8. The summed E-state index contributed by atoms with van der Waals surface area (Å²) >= 11 is 0. The summed E-state index contributed by atoms with van der Waals surface area (Å²) in [5.41, 5.74) is 8.58. The van der Waals surface area contributed by atoms with E-state index in [1.807, 2.05) is 13.8 Å². The zero-order chi connectivity index (χ0) is 18.6. The van der Waals surface area contributed by atoms with Crippen molar-refractivity contribution in [2.24, 2.45) is 0 Å².